The average molecular weight is 316 g/mol. The summed E-state index contributed by atoms with van der Waals surface area (Å²) in [5.74, 6) is 0.822. The van der Waals surface area contributed by atoms with E-state index in [4.69, 9.17) is 0 Å². The summed E-state index contributed by atoms with van der Waals surface area (Å²) in [6, 6.07) is 16.9. The van der Waals surface area contributed by atoms with E-state index < -0.39 is 0 Å². The molecule has 24 heavy (non-hydrogen) atoms. The van der Waals surface area contributed by atoms with Gasteiger partial charge < -0.3 is 0 Å². The molecule has 0 atom stereocenters. The van der Waals surface area contributed by atoms with Crippen LogP contribution in [0.3, 0.4) is 0 Å². The molecule has 0 aliphatic heterocycles. The Morgan fingerprint density at radius 1 is 0.667 bits per heavy atom. The average Bonchev–Trinajstić information content (AvgIpc) is 2.69. The molecule has 0 heterocycles. The highest BCUT2D eigenvalue weighted by Crippen LogP contribution is 2.32. The fourth-order valence-electron chi connectivity index (χ4n) is 3.22. The van der Waals surface area contributed by atoms with Gasteiger partial charge >= 0.3 is 0 Å². The maximum absolute atomic E-state index is 3.77. The van der Waals surface area contributed by atoms with Gasteiger partial charge in [-0.15, -0.1) is 0 Å². The van der Waals surface area contributed by atoms with Gasteiger partial charge in [0.25, 0.3) is 0 Å². The molecule has 0 spiro atoms. The number of hydrogen-bond acceptors (Lipinski definition) is 0. The van der Waals surface area contributed by atoms with Gasteiger partial charge in [-0.2, -0.15) is 0 Å². The Hall–Kier alpha value is -2.34. The van der Waals surface area contributed by atoms with Crippen molar-refractivity contribution in [3.8, 4) is 0 Å². The summed E-state index contributed by atoms with van der Waals surface area (Å²) in [6.07, 6.45) is 12.6. The molecule has 1 saturated carbocycles. The first-order valence-corrected chi connectivity index (χ1v) is 8.84. The van der Waals surface area contributed by atoms with Gasteiger partial charge in [0.05, 0.1) is 0 Å². The third-order valence-corrected chi connectivity index (χ3v) is 4.68. The van der Waals surface area contributed by atoms with Crippen molar-refractivity contribution in [1.29, 1.82) is 0 Å². The maximum atomic E-state index is 3.77. The third-order valence-electron chi connectivity index (χ3n) is 4.68. The standard InChI is InChI=1S/C14H18.C10H10/c1-2-12-8-10-14(11-9-12)13-6-4-3-5-7-13;1-3-9-7-5-6-8-10(9)4-2/h2,8-11,13H,1,3-7H2;3-8H,1-2H2. The van der Waals surface area contributed by atoms with Gasteiger partial charge in [-0.25, -0.2) is 0 Å². The van der Waals surface area contributed by atoms with Gasteiger partial charge in [0.15, 0.2) is 0 Å². The van der Waals surface area contributed by atoms with Crippen LogP contribution in [0, 0.1) is 0 Å². The summed E-state index contributed by atoms with van der Waals surface area (Å²) in [4.78, 5) is 0. The highest BCUT2D eigenvalue weighted by atomic mass is 14.2. The van der Waals surface area contributed by atoms with Crippen molar-refractivity contribution in [3.63, 3.8) is 0 Å². The summed E-state index contributed by atoms with van der Waals surface area (Å²) in [6.45, 7) is 11.2. The lowest BCUT2D eigenvalue weighted by Crippen LogP contribution is -2.04. The van der Waals surface area contributed by atoms with Crippen molar-refractivity contribution >= 4 is 18.2 Å². The second-order valence-electron chi connectivity index (χ2n) is 6.24. The first-order chi connectivity index (χ1) is 11.8. The van der Waals surface area contributed by atoms with Gasteiger partial charge in [0.2, 0.25) is 0 Å². The minimum atomic E-state index is 0.822. The molecule has 0 N–H and O–H groups in total. The van der Waals surface area contributed by atoms with E-state index in [1.165, 1.54) is 43.2 Å². The first-order valence-electron chi connectivity index (χ1n) is 8.84. The van der Waals surface area contributed by atoms with Gasteiger partial charge in [0, 0.05) is 0 Å². The molecule has 0 radical (unpaired) electrons. The van der Waals surface area contributed by atoms with Gasteiger partial charge in [-0.1, -0.05) is 106 Å². The molecule has 2 aromatic rings. The van der Waals surface area contributed by atoms with Crippen LogP contribution in [0.5, 0.6) is 0 Å². The quantitative estimate of drug-likeness (QED) is 0.553. The van der Waals surface area contributed by atoms with Crippen LogP contribution in [0.15, 0.2) is 68.3 Å². The van der Waals surface area contributed by atoms with Crippen LogP contribution in [0.1, 0.15) is 60.3 Å². The molecule has 0 aromatic heterocycles. The Kier molecular flexibility index (Phi) is 7.29. The summed E-state index contributed by atoms with van der Waals surface area (Å²) >= 11 is 0. The van der Waals surface area contributed by atoms with Crippen molar-refractivity contribution in [3.05, 3.63) is 90.5 Å². The van der Waals surface area contributed by atoms with E-state index in [9.17, 15) is 0 Å². The molecule has 0 bridgehead atoms. The zero-order chi connectivity index (χ0) is 17.2. The molecule has 0 heteroatoms. The SMILES string of the molecule is C=Cc1ccc(C2CCCCC2)cc1.C=Cc1ccccc1C=C. The summed E-state index contributed by atoms with van der Waals surface area (Å²) in [5, 5.41) is 0. The molecule has 1 aliphatic rings. The monoisotopic (exact) mass is 316 g/mol. The van der Waals surface area contributed by atoms with Crippen molar-refractivity contribution in [2.24, 2.45) is 0 Å². The molecule has 3 rings (SSSR count). The summed E-state index contributed by atoms with van der Waals surface area (Å²) in [5.41, 5.74) is 5.02. The Balaban J connectivity index is 0.000000185. The smallest absolute Gasteiger partial charge is 0.0162 e. The van der Waals surface area contributed by atoms with E-state index in [0.717, 1.165) is 17.0 Å². The van der Waals surface area contributed by atoms with Crippen LogP contribution < -0.4 is 0 Å². The van der Waals surface area contributed by atoms with Crippen LogP contribution >= 0.6 is 0 Å². The fourth-order valence-corrected chi connectivity index (χ4v) is 3.22. The molecule has 0 saturated heterocycles. The third kappa shape index (κ3) is 5.09. The van der Waals surface area contributed by atoms with Gasteiger partial charge in [-0.3, -0.25) is 0 Å². The number of rotatable bonds is 4. The first kappa shape index (κ1) is 18.0. The van der Waals surface area contributed by atoms with Crippen molar-refractivity contribution in [2.75, 3.05) is 0 Å². The highest BCUT2D eigenvalue weighted by molar-refractivity contribution is 5.63. The molecule has 0 unspecified atom stereocenters. The predicted molar refractivity (Wildman–Crippen MR) is 109 cm³/mol. The summed E-state index contributed by atoms with van der Waals surface area (Å²) < 4.78 is 0. The van der Waals surface area contributed by atoms with Crippen molar-refractivity contribution < 1.29 is 0 Å². The molecule has 0 amide bonds. The van der Waals surface area contributed by atoms with E-state index in [1.54, 1.807) is 0 Å². The van der Waals surface area contributed by atoms with E-state index in [-0.39, 0.29) is 0 Å². The lowest BCUT2D eigenvalue weighted by atomic mass is 9.84. The minimum absolute atomic E-state index is 0.822. The second-order valence-corrected chi connectivity index (χ2v) is 6.24. The van der Waals surface area contributed by atoms with Crippen molar-refractivity contribution in [1.82, 2.24) is 0 Å². The lowest BCUT2D eigenvalue weighted by Gasteiger charge is -2.21. The Morgan fingerprint density at radius 3 is 1.67 bits per heavy atom. The predicted octanol–water partition coefficient (Wildman–Crippen LogP) is 7.35. The van der Waals surface area contributed by atoms with Crippen molar-refractivity contribution in [2.45, 2.75) is 38.0 Å². The highest BCUT2D eigenvalue weighted by Gasteiger charge is 2.14. The van der Waals surface area contributed by atoms with Gasteiger partial charge in [0.1, 0.15) is 0 Å². The summed E-state index contributed by atoms with van der Waals surface area (Å²) in [7, 11) is 0. The topological polar surface area (TPSA) is 0 Å². The van der Waals surface area contributed by atoms with E-state index in [2.05, 4.69) is 44.0 Å². The molecular formula is C24H28. The number of benzene rings is 2. The molecule has 2 aromatic carbocycles. The van der Waals surface area contributed by atoms with Crippen LogP contribution in [-0.2, 0) is 0 Å². The lowest BCUT2D eigenvalue weighted by molar-refractivity contribution is 0.443. The van der Waals surface area contributed by atoms with Crippen LogP contribution in [0.25, 0.3) is 18.2 Å². The Morgan fingerprint density at radius 2 is 1.21 bits per heavy atom. The largest absolute Gasteiger partial charge is 0.0985 e. The molecule has 0 nitrogen and oxygen atoms in total. The Bertz CT molecular complexity index is 628. The molecule has 1 fully saturated rings. The van der Waals surface area contributed by atoms with Crippen LogP contribution in [0.2, 0.25) is 0 Å². The maximum Gasteiger partial charge on any atom is -0.0162 e. The molecule has 1 aliphatic carbocycles. The van der Waals surface area contributed by atoms with Gasteiger partial charge in [-0.05, 0) is 41.0 Å². The Labute approximate surface area is 147 Å². The zero-order valence-electron chi connectivity index (χ0n) is 14.6. The fraction of sp³-hybridized carbons (Fsp3) is 0.250. The van der Waals surface area contributed by atoms with E-state index in [0.29, 0.717) is 0 Å². The zero-order valence-corrected chi connectivity index (χ0v) is 14.6. The van der Waals surface area contributed by atoms with E-state index >= 15 is 0 Å². The molecule has 124 valence electrons. The van der Waals surface area contributed by atoms with Crippen LogP contribution in [-0.4, -0.2) is 0 Å². The van der Waals surface area contributed by atoms with Crippen LogP contribution in [0.4, 0.5) is 0 Å². The minimum Gasteiger partial charge on any atom is -0.0985 e. The normalized spacial score (nSPS) is 14.2. The van der Waals surface area contributed by atoms with E-state index in [1.807, 2.05) is 42.5 Å². The molecular weight excluding hydrogens is 288 g/mol. The number of hydrogen-bond donors (Lipinski definition) is 0. The second kappa shape index (κ2) is 9.72.